The van der Waals surface area contributed by atoms with Crippen LogP contribution in [0.2, 0.25) is 0 Å². The van der Waals surface area contributed by atoms with Crippen molar-refractivity contribution >= 4 is 0 Å². The van der Waals surface area contributed by atoms with Crippen LogP contribution in [0.4, 0.5) is 0 Å². The first-order valence-electron chi connectivity index (χ1n) is 5.46. The molecule has 0 atom stereocenters. The lowest BCUT2D eigenvalue weighted by atomic mass is 10.2. The molecule has 0 unspecified atom stereocenters. The van der Waals surface area contributed by atoms with E-state index >= 15 is 0 Å². The second kappa shape index (κ2) is 4.82. The Bertz CT molecular complexity index is 608. The Morgan fingerprint density at radius 1 is 1.35 bits per heavy atom. The summed E-state index contributed by atoms with van der Waals surface area (Å²) in [5, 5.41) is 9.27. The molecule has 0 aliphatic rings. The van der Waals surface area contributed by atoms with Gasteiger partial charge in [0, 0.05) is 24.5 Å². The van der Waals surface area contributed by atoms with Crippen LogP contribution >= 0.6 is 0 Å². The second-order valence-electron chi connectivity index (χ2n) is 3.94. The molecule has 0 saturated carbocycles. The summed E-state index contributed by atoms with van der Waals surface area (Å²) in [7, 11) is 0. The third-order valence-corrected chi connectivity index (χ3v) is 2.47. The molecule has 0 radical (unpaired) electrons. The van der Waals surface area contributed by atoms with Gasteiger partial charge < -0.3 is 5.10 Å². The van der Waals surface area contributed by atoms with Crippen molar-refractivity contribution in [2.24, 2.45) is 0 Å². The van der Waals surface area contributed by atoms with Crippen molar-refractivity contribution in [2.45, 2.75) is 26.3 Å². The minimum absolute atomic E-state index is 0.506. The molecule has 2 aromatic heterocycles. The van der Waals surface area contributed by atoms with Gasteiger partial charge >= 0.3 is 5.56 Å². The fourth-order valence-corrected chi connectivity index (χ4v) is 1.61. The summed E-state index contributed by atoms with van der Waals surface area (Å²) < 4.78 is 1.86. The number of hydrogen-bond donors (Lipinski definition) is 2. The first-order chi connectivity index (χ1) is 8.15. The Balaban J connectivity index is 1.92. The lowest BCUT2D eigenvalue weighted by Crippen LogP contribution is -2.27. The average molecular weight is 234 g/mol. The van der Waals surface area contributed by atoms with Crippen LogP contribution in [0, 0.1) is 6.92 Å². The zero-order valence-corrected chi connectivity index (χ0v) is 9.56. The number of H-pyrrole nitrogens is 2. The van der Waals surface area contributed by atoms with Crippen molar-refractivity contribution in [3.05, 3.63) is 50.3 Å². The fraction of sp³-hybridized carbons (Fsp3) is 0.364. The predicted molar refractivity (Wildman–Crippen MR) is 63.0 cm³/mol. The fourth-order valence-electron chi connectivity index (χ4n) is 1.61. The summed E-state index contributed by atoms with van der Waals surface area (Å²) in [5.74, 6) is 0. The molecule has 2 rings (SSSR count). The number of hydrogen-bond acceptors (Lipinski definition) is 3. The molecule has 6 heteroatoms. The smallest absolute Gasteiger partial charge is 0.302 e. The number of aryl methyl sites for hydroxylation is 3. The first kappa shape index (κ1) is 11.4. The minimum Gasteiger partial charge on any atom is -0.302 e. The van der Waals surface area contributed by atoms with E-state index < -0.39 is 11.0 Å². The van der Waals surface area contributed by atoms with Gasteiger partial charge in [-0.3, -0.25) is 19.4 Å². The maximum Gasteiger partial charge on any atom is 0.310 e. The molecular weight excluding hydrogens is 220 g/mol. The molecule has 90 valence electrons. The van der Waals surface area contributed by atoms with Crippen molar-refractivity contribution in [3.8, 4) is 0 Å². The Labute approximate surface area is 97.3 Å². The van der Waals surface area contributed by atoms with Crippen LogP contribution in [-0.2, 0) is 13.0 Å². The molecule has 2 heterocycles. The number of nitrogens with zero attached hydrogens (tertiary/aromatic N) is 2. The highest BCUT2D eigenvalue weighted by molar-refractivity contribution is 5.00. The van der Waals surface area contributed by atoms with Crippen LogP contribution in [0.3, 0.4) is 0 Å². The molecule has 0 fully saturated rings. The van der Waals surface area contributed by atoms with Crippen molar-refractivity contribution < 1.29 is 0 Å². The molecule has 6 nitrogen and oxygen atoms in total. The van der Waals surface area contributed by atoms with Gasteiger partial charge in [-0.25, -0.2) is 0 Å². The molecule has 0 amide bonds. The summed E-state index contributed by atoms with van der Waals surface area (Å²) in [5.41, 5.74) is 0.603. The van der Waals surface area contributed by atoms with Gasteiger partial charge in [0.2, 0.25) is 5.43 Å². The van der Waals surface area contributed by atoms with Gasteiger partial charge in [-0.1, -0.05) is 0 Å². The normalized spacial score (nSPS) is 10.6. The Hall–Kier alpha value is -2.11. The standard InChI is InChI=1S/C11H14N4O2/c1-8-4-6-15(14-8)5-2-3-9-7-10(16)11(17)13-12-9/h4,6-7H,2-3,5H2,1H3,(H,12,16)(H,13,17). The quantitative estimate of drug-likeness (QED) is 0.741. The molecule has 0 aliphatic carbocycles. The Kier molecular flexibility index (Phi) is 3.22. The van der Waals surface area contributed by atoms with Gasteiger partial charge in [0.25, 0.3) is 0 Å². The van der Waals surface area contributed by atoms with Gasteiger partial charge in [-0.2, -0.15) is 5.10 Å². The van der Waals surface area contributed by atoms with Crippen molar-refractivity contribution in [1.29, 1.82) is 0 Å². The topological polar surface area (TPSA) is 83.5 Å². The number of aromatic amines is 2. The van der Waals surface area contributed by atoms with Crippen LogP contribution < -0.4 is 11.0 Å². The highest BCUT2D eigenvalue weighted by atomic mass is 16.2. The van der Waals surface area contributed by atoms with E-state index in [0.29, 0.717) is 6.42 Å². The van der Waals surface area contributed by atoms with E-state index in [1.165, 1.54) is 6.07 Å². The van der Waals surface area contributed by atoms with E-state index in [0.717, 1.165) is 24.4 Å². The van der Waals surface area contributed by atoms with Crippen LogP contribution in [0.5, 0.6) is 0 Å². The summed E-state index contributed by atoms with van der Waals surface area (Å²) in [6.45, 7) is 2.73. The largest absolute Gasteiger partial charge is 0.310 e. The Morgan fingerprint density at radius 2 is 2.18 bits per heavy atom. The van der Waals surface area contributed by atoms with E-state index in [2.05, 4.69) is 15.3 Å². The van der Waals surface area contributed by atoms with E-state index in [1.54, 1.807) is 0 Å². The summed E-state index contributed by atoms with van der Waals surface area (Å²) in [4.78, 5) is 22.0. The molecular formula is C11H14N4O2. The van der Waals surface area contributed by atoms with Crippen molar-refractivity contribution in [3.63, 3.8) is 0 Å². The SMILES string of the molecule is Cc1ccn(CCCc2cc(=O)c(=O)[nH][nH]2)n1. The van der Waals surface area contributed by atoms with Gasteiger partial charge in [-0.05, 0) is 25.8 Å². The van der Waals surface area contributed by atoms with E-state index in [1.807, 2.05) is 23.9 Å². The Morgan fingerprint density at radius 3 is 2.82 bits per heavy atom. The predicted octanol–water partition coefficient (Wildman–Crippen LogP) is 0.201. The zero-order chi connectivity index (χ0) is 12.3. The number of nitrogens with one attached hydrogen (secondary N) is 2. The third-order valence-electron chi connectivity index (χ3n) is 2.47. The summed E-state index contributed by atoms with van der Waals surface area (Å²) in [6.07, 6.45) is 3.47. The van der Waals surface area contributed by atoms with Gasteiger partial charge in [0.15, 0.2) is 0 Å². The summed E-state index contributed by atoms with van der Waals surface area (Å²) >= 11 is 0. The summed E-state index contributed by atoms with van der Waals surface area (Å²) in [6, 6.07) is 3.29. The van der Waals surface area contributed by atoms with Crippen LogP contribution in [-0.4, -0.2) is 20.0 Å². The monoisotopic (exact) mass is 234 g/mol. The maximum absolute atomic E-state index is 11.1. The molecule has 0 bridgehead atoms. The van der Waals surface area contributed by atoms with E-state index in [-0.39, 0.29) is 0 Å². The second-order valence-corrected chi connectivity index (χ2v) is 3.94. The van der Waals surface area contributed by atoms with Crippen LogP contribution in [0.15, 0.2) is 27.9 Å². The first-order valence-corrected chi connectivity index (χ1v) is 5.46. The third kappa shape index (κ3) is 2.93. The van der Waals surface area contributed by atoms with E-state index in [9.17, 15) is 9.59 Å². The molecule has 17 heavy (non-hydrogen) atoms. The van der Waals surface area contributed by atoms with Crippen molar-refractivity contribution in [2.75, 3.05) is 0 Å². The van der Waals surface area contributed by atoms with Gasteiger partial charge in [-0.15, -0.1) is 0 Å². The molecule has 0 saturated heterocycles. The van der Waals surface area contributed by atoms with Gasteiger partial charge in [0.1, 0.15) is 0 Å². The molecule has 2 N–H and O–H groups in total. The van der Waals surface area contributed by atoms with Crippen LogP contribution in [0.1, 0.15) is 17.8 Å². The van der Waals surface area contributed by atoms with Gasteiger partial charge in [0.05, 0.1) is 5.69 Å². The highest BCUT2D eigenvalue weighted by Gasteiger charge is 1.99. The highest BCUT2D eigenvalue weighted by Crippen LogP contribution is 1.98. The molecule has 2 aromatic rings. The maximum atomic E-state index is 11.1. The molecule has 0 spiro atoms. The number of rotatable bonds is 4. The molecule has 0 aromatic carbocycles. The number of aromatic nitrogens is 4. The lowest BCUT2D eigenvalue weighted by molar-refractivity contribution is 0.569. The van der Waals surface area contributed by atoms with Crippen LogP contribution in [0.25, 0.3) is 0 Å². The zero-order valence-electron chi connectivity index (χ0n) is 9.56. The molecule has 0 aliphatic heterocycles. The van der Waals surface area contributed by atoms with Crippen molar-refractivity contribution in [1.82, 2.24) is 20.0 Å². The van der Waals surface area contributed by atoms with E-state index in [4.69, 9.17) is 0 Å². The lowest BCUT2D eigenvalue weighted by Gasteiger charge is -2.01. The minimum atomic E-state index is -0.614. The average Bonchev–Trinajstić information content (AvgIpc) is 2.70.